The lowest BCUT2D eigenvalue weighted by atomic mass is 10.1. The summed E-state index contributed by atoms with van der Waals surface area (Å²) in [7, 11) is 3.60. The van der Waals surface area contributed by atoms with E-state index in [2.05, 4.69) is 0 Å². The molecule has 17 heavy (non-hydrogen) atoms. The van der Waals surface area contributed by atoms with Gasteiger partial charge in [-0.1, -0.05) is 23.7 Å². The van der Waals surface area contributed by atoms with Crippen LogP contribution in [0.25, 0.3) is 0 Å². The van der Waals surface area contributed by atoms with Gasteiger partial charge < -0.3 is 4.74 Å². The van der Waals surface area contributed by atoms with E-state index in [4.69, 9.17) is 16.3 Å². The summed E-state index contributed by atoms with van der Waals surface area (Å²) in [6, 6.07) is 7.14. The average Bonchev–Trinajstić information content (AvgIpc) is 2.29. The predicted octanol–water partition coefficient (Wildman–Crippen LogP) is 2.49. The number of rotatable bonds is 7. The lowest BCUT2D eigenvalue weighted by Gasteiger charge is -2.15. The van der Waals surface area contributed by atoms with Gasteiger partial charge in [0, 0.05) is 25.8 Å². The first-order valence-electron chi connectivity index (χ1n) is 5.60. The minimum absolute atomic E-state index is 0.0514. The Hall–Kier alpha value is -0.900. The normalized spacial score (nSPS) is 10.8. The molecule has 0 spiro atoms. The van der Waals surface area contributed by atoms with Crippen LogP contribution >= 0.6 is 11.6 Å². The maximum Gasteiger partial charge on any atom is 0.178 e. The van der Waals surface area contributed by atoms with Crippen LogP contribution < -0.4 is 0 Å². The van der Waals surface area contributed by atoms with Crippen LogP contribution in [-0.4, -0.2) is 44.5 Å². The van der Waals surface area contributed by atoms with E-state index in [0.29, 0.717) is 23.7 Å². The number of carbonyl (C=O) groups excluding carboxylic acids is 1. The van der Waals surface area contributed by atoms with Gasteiger partial charge >= 0.3 is 0 Å². The number of benzene rings is 1. The second kappa shape index (κ2) is 7.43. The topological polar surface area (TPSA) is 29.5 Å². The zero-order valence-electron chi connectivity index (χ0n) is 10.3. The Bertz CT molecular complexity index is 368. The summed E-state index contributed by atoms with van der Waals surface area (Å²) in [6.07, 6.45) is 0.919. The molecular weight excluding hydrogens is 238 g/mol. The van der Waals surface area contributed by atoms with Gasteiger partial charge in [-0.3, -0.25) is 9.69 Å². The number of hydrogen-bond acceptors (Lipinski definition) is 3. The monoisotopic (exact) mass is 255 g/mol. The van der Waals surface area contributed by atoms with Gasteiger partial charge in [0.15, 0.2) is 5.78 Å². The van der Waals surface area contributed by atoms with Gasteiger partial charge in [-0.05, 0) is 25.6 Å². The van der Waals surface area contributed by atoms with E-state index in [9.17, 15) is 4.79 Å². The second-order valence-electron chi connectivity index (χ2n) is 3.99. The summed E-state index contributed by atoms with van der Waals surface area (Å²) in [5, 5.41) is 0.516. The van der Waals surface area contributed by atoms with Crippen molar-refractivity contribution in [2.75, 3.05) is 33.9 Å². The zero-order valence-corrected chi connectivity index (χ0v) is 11.0. The van der Waals surface area contributed by atoms with Gasteiger partial charge in [0.1, 0.15) is 0 Å². The minimum Gasteiger partial charge on any atom is -0.385 e. The van der Waals surface area contributed by atoms with E-state index < -0.39 is 0 Å². The molecule has 0 aliphatic heterocycles. The van der Waals surface area contributed by atoms with Crippen molar-refractivity contribution in [2.24, 2.45) is 0 Å². The Labute approximate surface area is 107 Å². The highest BCUT2D eigenvalue weighted by atomic mass is 35.5. The molecule has 0 radical (unpaired) electrons. The first-order chi connectivity index (χ1) is 8.15. The predicted molar refractivity (Wildman–Crippen MR) is 69.8 cm³/mol. The molecule has 0 heterocycles. The zero-order chi connectivity index (χ0) is 12.7. The molecule has 1 aromatic rings. The van der Waals surface area contributed by atoms with E-state index in [0.717, 1.165) is 13.0 Å². The maximum absolute atomic E-state index is 12.0. The Morgan fingerprint density at radius 2 is 2.12 bits per heavy atom. The maximum atomic E-state index is 12.0. The Balaban J connectivity index is 2.46. The van der Waals surface area contributed by atoms with Gasteiger partial charge in [0.05, 0.1) is 11.6 Å². The molecule has 0 unspecified atom stereocenters. The van der Waals surface area contributed by atoms with Crippen LogP contribution in [0.2, 0.25) is 5.02 Å². The van der Waals surface area contributed by atoms with Crippen molar-refractivity contribution in [2.45, 2.75) is 6.42 Å². The molecule has 0 N–H and O–H groups in total. The Morgan fingerprint density at radius 3 is 2.76 bits per heavy atom. The molecule has 3 nitrogen and oxygen atoms in total. The van der Waals surface area contributed by atoms with Crippen molar-refractivity contribution in [3.63, 3.8) is 0 Å². The molecule has 1 rings (SSSR count). The fraction of sp³-hybridized carbons (Fsp3) is 0.462. The van der Waals surface area contributed by atoms with Gasteiger partial charge in [-0.25, -0.2) is 0 Å². The number of nitrogens with zero attached hydrogens (tertiary/aromatic N) is 1. The molecule has 94 valence electrons. The van der Waals surface area contributed by atoms with Crippen molar-refractivity contribution in [3.8, 4) is 0 Å². The van der Waals surface area contributed by atoms with Gasteiger partial charge in [0.25, 0.3) is 0 Å². The molecule has 0 bridgehead atoms. The Morgan fingerprint density at radius 1 is 1.41 bits per heavy atom. The summed E-state index contributed by atoms with van der Waals surface area (Å²) in [6.45, 7) is 1.93. The van der Waals surface area contributed by atoms with Crippen LogP contribution in [0.3, 0.4) is 0 Å². The Kier molecular flexibility index (Phi) is 6.19. The SMILES string of the molecule is COCCCN(C)CC(=O)c1ccccc1Cl. The fourth-order valence-electron chi connectivity index (χ4n) is 1.58. The fourth-order valence-corrected chi connectivity index (χ4v) is 1.82. The number of carbonyl (C=O) groups is 1. The molecule has 0 saturated carbocycles. The lowest BCUT2D eigenvalue weighted by molar-refractivity contribution is 0.0939. The molecule has 0 atom stereocenters. The standard InChI is InChI=1S/C13H18ClNO2/c1-15(8-5-9-17-2)10-13(16)11-6-3-4-7-12(11)14/h3-4,6-7H,5,8-10H2,1-2H3. The second-order valence-corrected chi connectivity index (χ2v) is 4.39. The van der Waals surface area contributed by atoms with E-state index in [1.165, 1.54) is 0 Å². The number of ketones is 1. The highest BCUT2D eigenvalue weighted by Gasteiger charge is 2.11. The van der Waals surface area contributed by atoms with Crippen LogP contribution in [0.4, 0.5) is 0 Å². The third-order valence-corrected chi connectivity index (χ3v) is 2.81. The van der Waals surface area contributed by atoms with Crippen LogP contribution in [0.15, 0.2) is 24.3 Å². The molecule has 0 amide bonds. The molecule has 0 fully saturated rings. The molecule has 0 aliphatic carbocycles. The number of methoxy groups -OCH3 is 1. The molecular formula is C13H18ClNO2. The van der Waals surface area contributed by atoms with Gasteiger partial charge in [-0.15, -0.1) is 0 Å². The first kappa shape index (κ1) is 14.2. The molecule has 0 saturated heterocycles. The van der Waals surface area contributed by atoms with Crippen molar-refractivity contribution in [1.29, 1.82) is 0 Å². The molecule has 0 aliphatic rings. The largest absolute Gasteiger partial charge is 0.385 e. The number of Topliss-reactive ketones (excluding diaryl/α,β-unsaturated/α-hetero) is 1. The van der Waals surface area contributed by atoms with Crippen LogP contribution in [0.5, 0.6) is 0 Å². The smallest absolute Gasteiger partial charge is 0.178 e. The van der Waals surface area contributed by atoms with E-state index in [-0.39, 0.29) is 5.78 Å². The average molecular weight is 256 g/mol. The van der Waals surface area contributed by atoms with Crippen molar-refractivity contribution in [3.05, 3.63) is 34.9 Å². The highest BCUT2D eigenvalue weighted by molar-refractivity contribution is 6.34. The third-order valence-electron chi connectivity index (χ3n) is 2.48. The van der Waals surface area contributed by atoms with Crippen molar-refractivity contribution in [1.82, 2.24) is 4.90 Å². The number of likely N-dealkylation sites (N-methyl/N-ethyl adjacent to an activating group) is 1. The van der Waals surface area contributed by atoms with Crippen LogP contribution in [0.1, 0.15) is 16.8 Å². The summed E-state index contributed by atoms with van der Waals surface area (Å²) in [5.74, 6) is 0.0514. The summed E-state index contributed by atoms with van der Waals surface area (Å²) < 4.78 is 4.97. The van der Waals surface area contributed by atoms with Crippen molar-refractivity contribution >= 4 is 17.4 Å². The summed E-state index contributed by atoms with van der Waals surface area (Å²) in [5.41, 5.74) is 0.591. The van der Waals surface area contributed by atoms with Crippen molar-refractivity contribution < 1.29 is 9.53 Å². The quantitative estimate of drug-likeness (QED) is 0.554. The number of halogens is 1. The number of hydrogen-bond donors (Lipinski definition) is 0. The van der Waals surface area contributed by atoms with Crippen LogP contribution in [0, 0.1) is 0 Å². The van der Waals surface area contributed by atoms with E-state index >= 15 is 0 Å². The van der Waals surface area contributed by atoms with Gasteiger partial charge in [-0.2, -0.15) is 0 Å². The summed E-state index contributed by atoms with van der Waals surface area (Å²) in [4.78, 5) is 13.9. The summed E-state index contributed by atoms with van der Waals surface area (Å²) >= 11 is 5.97. The first-order valence-corrected chi connectivity index (χ1v) is 5.98. The molecule has 0 aromatic heterocycles. The number of ether oxygens (including phenoxy) is 1. The molecule has 4 heteroatoms. The third kappa shape index (κ3) is 4.86. The van der Waals surface area contributed by atoms with E-state index in [1.54, 1.807) is 19.2 Å². The minimum atomic E-state index is 0.0514. The highest BCUT2D eigenvalue weighted by Crippen LogP contribution is 2.15. The van der Waals surface area contributed by atoms with Crippen LogP contribution in [-0.2, 0) is 4.74 Å². The van der Waals surface area contributed by atoms with Gasteiger partial charge in [0.2, 0.25) is 0 Å². The van der Waals surface area contributed by atoms with E-state index in [1.807, 2.05) is 24.1 Å². The lowest BCUT2D eigenvalue weighted by Crippen LogP contribution is -2.27. The molecule has 1 aromatic carbocycles.